The summed E-state index contributed by atoms with van der Waals surface area (Å²) in [5.74, 6) is 0.706. The molecule has 0 aromatic heterocycles. The van der Waals surface area contributed by atoms with Crippen molar-refractivity contribution >= 4 is 23.2 Å². The van der Waals surface area contributed by atoms with Gasteiger partial charge >= 0.3 is 0 Å². The molecule has 5 heteroatoms. The fourth-order valence-electron chi connectivity index (χ4n) is 1.65. The lowest BCUT2D eigenvalue weighted by Crippen LogP contribution is -2.20. The first kappa shape index (κ1) is 12.9. The van der Waals surface area contributed by atoms with Crippen molar-refractivity contribution in [3.05, 3.63) is 28.8 Å². The molecule has 0 radical (unpaired) electrons. The number of hydrazone groups is 1. The van der Waals surface area contributed by atoms with E-state index in [-0.39, 0.29) is 5.91 Å². The van der Waals surface area contributed by atoms with Crippen LogP contribution in [0.2, 0.25) is 5.02 Å². The van der Waals surface area contributed by atoms with Crippen molar-refractivity contribution in [1.82, 2.24) is 5.43 Å². The van der Waals surface area contributed by atoms with Crippen LogP contribution in [-0.4, -0.2) is 18.7 Å². The van der Waals surface area contributed by atoms with E-state index >= 15 is 0 Å². The Kier molecular flexibility index (Phi) is 3.87. The quantitative estimate of drug-likeness (QED) is 0.673. The number of benzene rings is 1. The van der Waals surface area contributed by atoms with Gasteiger partial charge in [-0.05, 0) is 43.9 Å². The monoisotopic (exact) mass is 266 g/mol. The fraction of sp³-hybridized carbons (Fsp3) is 0.385. The zero-order valence-electron chi connectivity index (χ0n) is 10.4. The van der Waals surface area contributed by atoms with Crippen LogP contribution >= 0.6 is 11.6 Å². The van der Waals surface area contributed by atoms with Crippen LogP contribution in [0.15, 0.2) is 23.3 Å². The minimum Gasteiger partial charge on any atom is -0.496 e. The number of hydrogen-bond acceptors (Lipinski definition) is 3. The molecule has 0 atom stereocenters. The largest absolute Gasteiger partial charge is 0.496 e. The van der Waals surface area contributed by atoms with E-state index in [1.807, 2.05) is 6.92 Å². The van der Waals surface area contributed by atoms with Crippen molar-refractivity contribution < 1.29 is 9.53 Å². The van der Waals surface area contributed by atoms with Crippen LogP contribution in [0.5, 0.6) is 5.75 Å². The minimum atomic E-state index is -0.311. The molecule has 1 N–H and O–H groups in total. The average molecular weight is 267 g/mol. The second kappa shape index (κ2) is 5.40. The molecule has 1 saturated carbocycles. The highest BCUT2D eigenvalue weighted by Gasteiger charge is 2.24. The third-order valence-electron chi connectivity index (χ3n) is 2.91. The van der Waals surface area contributed by atoms with Crippen molar-refractivity contribution in [2.75, 3.05) is 7.11 Å². The summed E-state index contributed by atoms with van der Waals surface area (Å²) in [5.41, 5.74) is 3.88. The maximum Gasteiger partial charge on any atom is 0.275 e. The first-order valence-electron chi connectivity index (χ1n) is 5.80. The van der Waals surface area contributed by atoms with Crippen molar-refractivity contribution in [1.29, 1.82) is 0 Å². The number of carbonyl (C=O) groups excluding carboxylic acids is 1. The predicted molar refractivity (Wildman–Crippen MR) is 71.3 cm³/mol. The summed E-state index contributed by atoms with van der Waals surface area (Å²) in [5, 5.41) is 4.58. The highest BCUT2D eigenvalue weighted by Crippen LogP contribution is 2.30. The molecule has 0 heterocycles. The van der Waals surface area contributed by atoms with Crippen LogP contribution in [0, 0.1) is 5.92 Å². The van der Waals surface area contributed by atoms with Gasteiger partial charge in [0.1, 0.15) is 5.75 Å². The zero-order chi connectivity index (χ0) is 13.1. The Bertz CT molecular complexity index is 496. The van der Waals surface area contributed by atoms with Crippen LogP contribution in [0.25, 0.3) is 0 Å². The number of carbonyl (C=O) groups is 1. The molecule has 2 rings (SSSR count). The molecule has 1 fully saturated rings. The van der Waals surface area contributed by atoms with E-state index in [0.29, 0.717) is 22.3 Å². The topological polar surface area (TPSA) is 50.7 Å². The SMILES string of the molecule is COc1ccc(Cl)cc1C(=O)NN=C(C)C1CC1. The van der Waals surface area contributed by atoms with Crippen LogP contribution in [0.3, 0.4) is 0 Å². The second-order valence-corrected chi connectivity index (χ2v) is 4.75. The van der Waals surface area contributed by atoms with Crippen LogP contribution in [0.1, 0.15) is 30.1 Å². The van der Waals surface area contributed by atoms with Crippen molar-refractivity contribution in [2.24, 2.45) is 11.0 Å². The van der Waals surface area contributed by atoms with Gasteiger partial charge < -0.3 is 4.74 Å². The van der Waals surface area contributed by atoms with E-state index in [9.17, 15) is 4.79 Å². The Balaban J connectivity index is 2.12. The maximum atomic E-state index is 12.0. The Morgan fingerprint density at radius 2 is 2.22 bits per heavy atom. The van der Waals surface area contributed by atoms with E-state index in [0.717, 1.165) is 18.6 Å². The van der Waals surface area contributed by atoms with Gasteiger partial charge in [-0.15, -0.1) is 0 Å². The number of ether oxygens (including phenoxy) is 1. The molecule has 96 valence electrons. The van der Waals surface area contributed by atoms with E-state index in [1.165, 1.54) is 7.11 Å². The number of methoxy groups -OCH3 is 1. The molecule has 1 aliphatic carbocycles. The smallest absolute Gasteiger partial charge is 0.275 e. The molecule has 1 aromatic rings. The van der Waals surface area contributed by atoms with Gasteiger partial charge in [-0.2, -0.15) is 5.10 Å². The first-order chi connectivity index (χ1) is 8.61. The number of halogens is 1. The van der Waals surface area contributed by atoms with Crippen molar-refractivity contribution in [3.8, 4) is 5.75 Å². The Labute approximate surface area is 111 Å². The van der Waals surface area contributed by atoms with Crippen LogP contribution in [0.4, 0.5) is 0 Å². The lowest BCUT2D eigenvalue weighted by atomic mass is 10.2. The number of rotatable bonds is 4. The van der Waals surface area contributed by atoms with Gasteiger partial charge in [-0.25, -0.2) is 5.43 Å². The van der Waals surface area contributed by atoms with Gasteiger partial charge in [0.05, 0.1) is 12.7 Å². The summed E-state index contributed by atoms with van der Waals surface area (Å²) < 4.78 is 5.12. The van der Waals surface area contributed by atoms with E-state index < -0.39 is 0 Å². The Morgan fingerprint density at radius 1 is 1.50 bits per heavy atom. The van der Waals surface area contributed by atoms with E-state index in [2.05, 4.69) is 10.5 Å². The van der Waals surface area contributed by atoms with Gasteiger partial charge in [0.2, 0.25) is 0 Å². The standard InChI is InChI=1S/C13H15ClN2O2/c1-8(9-3-4-9)15-16-13(17)11-7-10(14)5-6-12(11)18-2/h5-7,9H,3-4H2,1-2H3,(H,16,17). The summed E-state index contributed by atoms with van der Waals surface area (Å²) in [6.45, 7) is 1.92. The lowest BCUT2D eigenvalue weighted by Gasteiger charge is -2.07. The average Bonchev–Trinajstić information content (AvgIpc) is 3.19. The van der Waals surface area contributed by atoms with E-state index in [1.54, 1.807) is 18.2 Å². The number of nitrogens with zero attached hydrogens (tertiary/aromatic N) is 1. The molecule has 4 nitrogen and oxygen atoms in total. The third-order valence-corrected chi connectivity index (χ3v) is 3.14. The number of hydrogen-bond donors (Lipinski definition) is 1. The van der Waals surface area contributed by atoms with Gasteiger partial charge in [-0.1, -0.05) is 11.6 Å². The summed E-state index contributed by atoms with van der Waals surface area (Å²) >= 11 is 5.87. The van der Waals surface area contributed by atoms with Crippen molar-refractivity contribution in [3.63, 3.8) is 0 Å². The molecule has 1 aromatic carbocycles. The highest BCUT2D eigenvalue weighted by molar-refractivity contribution is 6.31. The summed E-state index contributed by atoms with van der Waals surface area (Å²) in [7, 11) is 1.51. The normalized spacial score (nSPS) is 15.4. The fourth-order valence-corrected chi connectivity index (χ4v) is 1.82. The summed E-state index contributed by atoms with van der Waals surface area (Å²) in [6.07, 6.45) is 2.32. The molecule has 18 heavy (non-hydrogen) atoms. The van der Waals surface area contributed by atoms with Crippen LogP contribution < -0.4 is 10.2 Å². The second-order valence-electron chi connectivity index (χ2n) is 4.31. The summed E-state index contributed by atoms with van der Waals surface area (Å²) in [4.78, 5) is 12.0. The molecule has 0 spiro atoms. The molecular formula is C13H15ClN2O2. The Hall–Kier alpha value is -1.55. The number of amides is 1. The maximum absolute atomic E-state index is 12.0. The molecule has 0 aliphatic heterocycles. The third kappa shape index (κ3) is 3.01. The first-order valence-corrected chi connectivity index (χ1v) is 6.17. The van der Waals surface area contributed by atoms with Crippen molar-refractivity contribution in [2.45, 2.75) is 19.8 Å². The molecule has 1 amide bonds. The Morgan fingerprint density at radius 3 is 2.83 bits per heavy atom. The van der Waals surface area contributed by atoms with E-state index in [4.69, 9.17) is 16.3 Å². The van der Waals surface area contributed by atoms with Crippen LogP contribution in [-0.2, 0) is 0 Å². The van der Waals surface area contributed by atoms with Gasteiger partial charge in [-0.3, -0.25) is 4.79 Å². The molecule has 0 saturated heterocycles. The lowest BCUT2D eigenvalue weighted by molar-refractivity contribution is 0.0951. The van der Waals surface area contributed by atoms with Gasteiger partial charge in [0, 0.05) is 10.7 Å². The molecule has 0 bridgehead atoms. The van der Waals surface area contributed by atoms with Gasteiger partial charge in [0.15, 0.2) is 0 Å². The molecule has 0 unspecified atom stereocenters. The zero-order valence-corrected chi connectivity index (χ0v) is 11.1. The number of nitrogens with one attached hydrogen (secondary N) is 1. The van der Waals surface area contributed by atoms with Gasteiger partial charge in [0.25, 0.3) is 5.91 Å². The highest BCUT2D eigenvalue weighted by atomic mass is 35.5. The molecular weight excluding hydrogens is 252 g/mol. The summed E-state index contributed by atoms with van der Waals surface area (Å²) in [6, 6.07) is 4.91. The minimum absolute atomic E-state index is 0.311. The molecule has 1 aliphatic rings. The predicted octanol–water partition coefficient (Wildman–Crippen LogP) is 2.86.